The lowest BCUT2D eigenvalue weighted by Gasteiger charge is -2.30. The van der Waals surface area contributed by atoms with Crippen molar-refractivity contribution in [3.8, 4) is 12.3 Å². The number of aryl methyl sites for hydroxylation is 3. The fourth-order valence-corrected chi connectivity index (χ4v) is 6.86. The second-order valence-electron chi connectivity index (χ2n) is 8.57. The van der Waals surface area contributed by atoms with Gasteiger partial charge in [-0.25, -0.2) is 8.42 Å². The Labute approximate surface area is 198 Å². The van der Waals surface area contributed by atoms with E-state index in [2.05, 4.69) is 23.0 Å². The van der Waals surface area contributed by atoms with Crippen LogP contribution in [-0.4, -0.2) is 36.3 Å². The Kier molecular flexibility index (Phi) is 6.57. The number of carbonyl (C=O) groups excluding carboxylic acids is 1. The maximum Gasteiger partial charge on any atom is 0.252 e. The van der Waals surface area contributed by atoms with Crippen LogP contribution in [0.5, 0.6) is 0 Å². The third kappa shape index (κ3) is 4.67. The highest BCUT2D eigenvalue weighted by atomic mass is 32.2. The second kappa shape index (κ2) is 9.26. The summed E-state index contributed by atoms with van der Waals surface area (Å²) in [7, 11) is -3.66. The Balaban J connectivity index is 1.65. The number of hydrogen-bond acceptors (Lipinski definition) is 4. The van der Waals surface area contributed by atoms with Crippen molar-refractivity contribution in [2.45, 2.75) is 45.1 Å². The van der Waals surface area contributed by atoms with Gasteiger partial charge in [0.1, 0.15) is 0 Å². The van der Waals surface area contributed by atoms with Crippen molar-refractivity contribution >= 4 is 37.5 Å². The summed E-state index contributed by atoms with van der Waals surface area (Å²) in [6.45, 7) is 6.82. The van der Waals surface area contributed by atoms with Crippen LogP contribution in [0.3, 0.4) is 0 Å². The molecule has 0 spiro atoms. The molecular weight excluding hydrogens is 454 g/mol. The molecule has 4 rings (SSSR count). The van der Waals surface area contributed by atoms with E-state index in [0.717, 1.165) is 26.9 Å². The topological polar surface area (TPSA) is 71.7 Å². The van der Waals surface area contributed by atoms with Crippen LogP contribution in [0.1, 0.15) is 29.5 Å². The van der Waals surface area contributed by atoms with Gasteiger partial charge in [-0.3, -0.25) is 4.79 Å². The third-order valence-corrected chi connectivity index (χ3v) is 9.07. The zero-order chi connectivity index (χ0) is 23.8. The number of sulfonamides is 1. The number of thiazole rings is 1. The largest absolute Gasteiger partial charge is 0.305 e. The molecule has 172 valence electrons. The Morgan fingerprint density at radius 1 is 1.18 bits per heavy atom. The first-order valence-corrected chi connectivity index (χ1v) is 13.2. The van der Waals surface area contributed by atoms with Gasteiger partial charge >= 0.3 is 0 Å². The summed E-state index contributed by atoms with van der Waals surface area (Å²) in [5, 5.41) is 0. The van der Waals surface area contributed by atoms with Crippen molar-refractivity contribution in [3.05, 3.63) is 57.9 Å². The number of aromatic nitrogens is 1. The summed E-state index contributed by atoms with van der Waals surface area (Å²) in [5.41, 5.74) is 4.19. The van der Waals surface area contributed by atoms with Gasteiger partial charge in [-0.2, -0.15) is 9.30 Å². The van der Waals surface area contributed by atoms with Crippen LogP contribution in [0.2, 0.25) is 0 Å². The van der Waals surface area contributed by atoms with E-state index in [1.807, 2.05) is 25.3 Å². The molecular formula is C25H27N3O3S2. The highest BCUT2D eigenvalue weighted by Gasteiger charge is 2.33. The summed E-state index contributed by atoms with van der Waals surface area (Å²) in [6, 6.07) is 10.9. The normalized spacial score (nSPS) is 17.9. The molecule has 8 heteroatoms. The van der Waals surface area contributed by atoms with Crippen molar-refractivity contribution < 1.29 is 13.2 Å². The number of rotatable bonds is 4. The number of hydrogen-bond donors (Lipinski definition) is 0. The first-order valence-electron chi connectivity index (χ1n) is 10.9. The fraction of sp³-hybridized carbons (Fsp3) is 0.360. The van der Waals surface area contributed by atoms with Crippen LogP contribution in [0, 0.1) is 39.0 Å². The highest BCUT2D eigenvalue weighted by Crippen LogP contribution is 2.26. The average Bonchev–Trinajstić information content (AvgIpc) is 3.12. The van der Waals surface area contributed by atoms with Gasteiger partial charge in [0.2, 0.25) is 10.0 Å². The number of benzene rings is 2. The molecule has 0 N–H and O–H groups in total. The quantitative estimate of drug-likeness (QED) is 0.533. The summed E-state index contributed by atoms with van der Waals surface area (Å²) in [5.74, 6) is 1.87. The number of terminal acetylenes is 1. The maximum atomic E-state index is 13.2. The SMILES string of the molecule is C#CCn1c(=NC(=O)C2CCCN(S(=O)(=O)c3ccc(C)cc3)C2)sc2c(C)cc(C)cc21. The molecule has 2 heterocycles. The zero-order valence-electron chi connectivity index (χ0n) is 19.0. The first kappa shape index (κ1) is 23.4. The van der Waals surface area contributed by atoms with Crippen LogP contribution in [0.4, 0.5) is 0 Å². The van der Waals surface area contributed by atoms with Gasteiger partial charge in [-0.1, -0.05) is 41.0 Å². The molecule has 0 radical (unpaired) electrons. The molecule has 1 aliphatic heterocycles. The van der Waals surface area contributed by atoms with E-state index < -0.39 is 15.9 Å². The molecule has 1 amide bonds. The van der Waals surface area contributed by atoms with E-state index in [1.54, 1.807) is 24.3 Å². The number of carbonyl (C=O) groups is 1. The molecule has 1 saturated heterocycles. The molecule has 1 unspecified atom stereocenters. The van der Waals surface area contributed by atoms with Gasteiger partial charge in [0, 0.05) is 13.1 Å². The minimum atomic E-state index is -3.66. The van der Waals surface area contributed by atoms with Crippen LogP contribution in [0.15, 0.2) is 46.3 Å². The van der Waals surface area contributed by atoms with Crippen LogP contribution < -0.4 is 4.80 Å². The third-order valence-electron chi connectivity index (χ3n) is 5.96. The lowest BCUT2D eigenvalue weighted by molar-refractivity contribution is -0.122. The molecule has 2 aromatic carbocycles. The van der Waals surface area contributed by atoms with E-state index >= 15 is 0 Å². The van der Waals surface area contributed by atoms with Crippen LogP contribution >= 0.6 is 11.3 Å². The smallest absolute Gasteiger partial charge is 0.252 e. The van der Waals surface area contributed by atoms with E-state index in [9.17, 15) is 13.2 Å². The molecule has 6 nitrogen and oxygen atoms in total. The lowest BCUT2D eigenvalue weighted by Crippen LogP contribution is -2.42. The lowest BCUT2D eigenvalue weighted by atomic mass is 9.99. The van der Waals surface area contributed by atoms with Crippen molar-refractivity contribution in [2.75, 3.05) is 13.1 Å². The van der Waals surface area contributed by atoms with E-state index in [0.29, 0.717) is 30.7 Å². The van der Waals surface area contributed by atoms with Gasteiger partial charge in [0.25, 0.3) is 5.91 Å². The van der Waals surface area contributed by atoms with Crippen molar-refractivity contribution in [1.29, 1.82) is 0 Å². The summed E-state index contributed by atoms with van der Waals surface area (Å²) < 4.78 is 30.6. The second-order valence-corrected chi connectivity index (χ2v) is 11.5. The van der Waals surface area contributed by atoms with Gasteiger partial charge in [-0.05, 0) is 62.9 Å². The Morgan fingerprint density at radius 3 is 2.61 bits per heavy atom. The van der Waals surface area contributed by atoms with Crippen molar-refractivity contribution in [3.63, 3.8) is 0 Å². The minimum Gasteiger partial charge on any atom is -0.305 e. The molecule has 1 aliphatic rings. The molecule has 0 aliphatic carbocycles. The zero-order valence-corrected chi connectivity index (χ0v) is 20.7. The van der Waals surface area contributed by atoms with Gasteiger partial charge < -0.3 is 4.57 Å². The summed E-state index contributed by atoms with van der Waals surface area (Å²) >= 11 is 1.44. The standard InChI is InChI=1S/C25H27N3O3S2/c1-5-12-28-22-15-18(3)14-19(4)23(22)32-25(28)26-24(29)20-7-6-13-27(16-20)33(30,31)21-10-8-17(2)9-11-21/h1,8-11,14-15,20H,6-7,12-13,16H2,2-4H3. The first-order chi connectivity index (χ1) is 15.7. The number of nitrogens with zero attached hydrogens (tertiary/aromatic N) is 3. The Hall–Kier alpha value is -2.73. The number of amides is 1. The molecule has 3 aromatic rings. The molecule has 0 bridgehead atoms. The predicted octanol–water partition coefficient (Wildman–Crippen LogP) is 3.79. The van der Waals surface area contributed by atoms with Gasteiger partial charge in [0.05, 0.1) is 27.6 Å². The van der Waals surface area contributed by atoms with Crippen LogP contribution in [0.25, 0.3) is 10.2 Å². The monoisotopic (exact) mass is 481 g/mol. The van der Waals surface area contributed by atoms with E-state index in [1.165, 1.54) is 15.6 Å². The van der Waals surface area contributed by atoms with Gasteiger partial charge in [0.15, 0.2) is 4.80 Å². The number of piperidine rings is 1. The van der Waals surface area contributed by atoms with Crippen molar-refractivity contribution in [2.24, 2.45) is 10.9 Å². The van der Waals surface area contributed by atoms with Crippen molar-refractivity contribution in [1.82, 2.24) is 8.87 Å². The number of fused-ring (bicyclic) bond motifs is 1. The fourth-order valence-electron chi connectivity index (χ4n) is 4.25. The Morgan fingerprint density at radius 2 is 1.91 bits per heavy atom. The summed E-state index contributed by atoms with van der Waals surface area (Å²) in [6.07, 6.45) is 6.82. The highest BCUT2D eigenvalue weighted by molar-refractivity contribution is 7.89. The van der Waals surface area contributed by atoms with E-state index in [4.69, 9.17) is 6.42 Å². The maximum absolute atomic E-state index is 13.2. The van der Waals surface area contributed by atoms with Crippen LogP contribution in [-0.2, 0) is 21.4 Å². The summed E-state index contributed by atoms with van der Waals surface area (Å²) in [4.78, 5) is 18.4. The molecule has 33 heavy (non-hydrogen) atoms. The average molecular weight is 482 g/mol. The minimum absolute atomic E-state index is 0.136. The van der Waals surface area contributed by atoms with E-state index in [-0.39, 0.29) is 17.3 Å². The molecule has 0 saturated carbocycles. The Bertz CT molecular complexity index is 1420. The predicted molar refractivity (Wildman–Crippen MR) is 131 cm³/mol. The molecule has 1 fully saturated rings. The van der Waals surface area contributed by atoms with Gasteiger partial charge in [-0.15, -0.1) is 6.42 Å². The molecule has 1 aromatic heterocycles. The molecule has 1 atom stereocenters.